The number of carbonyl (C=O) groups is 1. The van der Waals surface area contributed by atoms with Gasteiger partial charge in [-0.25, -0.2) is 9.67 Å². The Kier molecular flexibility index (Phi) is 3.98. The average molecular weight is 259 g/mol. The Bertz CT molecular complexity index is 492. The quantitative estimate of drug-likeness (QED) is 0.784. The number of hydrogen-bond donors (Lipinski definition) is 0. The van der Waals surface area contributed by atoms with E-state index in [0.717, 1.165) is 19.3 Å². The predicted octanol–water partition coefficient (Wildman–Crippen LogP) is 3.10. The van der Waals surface area contributed by atoms with Gasteiger partial charge >= 0.3 is 0 Å². The normalized spacial score (nSPS) is 19.6. The Morgan fingerprint density at radius 2 is 2.21 bits per heavy atom. The minimum Gasteiger partial charge on any atom is -0.296 e. The number of hydrogen-bond acceptors (Lipinski definition) is 3. The van der Waals surface area contributed by atoms with Gasteiger partial charge in [-0.05, 0) is 19.3 Å². The van der Waals surface area contributed by atoms with Gasteiger partial charge in [0.05, 0.1) is 0 Å². The van der Waals surface area contributed by atoms with Crippen molar-refractivity contribution < 1.29 is 4.79 Å². The van der Waals surface area contributed by atoms with Crippen LogP contribution in [0.2, 0.25) is 0 Å². The molecule has 0 saturated heterocycles. The number of nitrogens with zero attached hydrogens (tertiary/aromatic N) is 3. The van der Waals surface area contributed by atoms with Gasteiger partial charge in [0.2, 0.25) is 0 Å². The van der Waals surface area contributed by atoms with Gasteiger partial charge in [0.15, 0.2) is 5.78 Å². The number of allylic oxidation sites excluding steroid dienone is 4. The van der Waals surface area contributed by atoms with Crippen LogP contribution in [0.5, 0.6) is 0 Å². The monoisotopic (exact) mass is 259 g/mol. The van der Waals surface area contributed by atoms with Crippen LogP contribution < -0.4 is 0 Å². The zero-order valence-electron chi connectivity index (χ0n) is 11.8. The van der Waals surface area contributed by atoms with E-state index in [0.29, 0.717) is 0 Å². The van der Waals surface area contributed by atoms with Crippen LogP contribution in [0.3, 0.4) is 0 Å². The molecule has 0 fully saturated rings. The van der Waals surface area contributed by atoms with Crippen molar-refractivity contribution in [1.29, 1.82) is 0 Å². The molecule has 0 amide bonds. The van der Waals surface area contributed by atoms with E-state index in [1.807, 2.05) is 20.8 Å². The van der Waals surface area contributed by atoms with Crippen LogP contribution in [0.15, 0.2) is 36.5 Å². The molecule has 0 N–H and O–H groups in total. The lowest BCUT2D eigenvalue weighted by Gasteiger charge is -2.23. The first-order chi connectivity index (χ1) is 8.98. The highest BCUT2D eigenvalue weighted by Gasteiger charge is 2.30. The van der Waals surface area contributed by atoms with Crippen molar-refractivity contribution in [3.05, 3.63) is 36.5 Å². The smallest absolute Gasteiger partial charge is 0.166 e. The van der Waals surface area contributed by atoms with E-state index in [1.54, 1.807) is 11.0 Å². The van der Waals surface area contributed by atoms with Crippen molar-refractivity contribution in [3.8, 4) is 0 Å². The Labute approximate surface area is 114 Å². The van der Waals surface area contributed by atoms with Gasteiger partial charge < -0.3 is 0 Å². The third kappa shape index (κ3) is 3.40. The lowest BCUT2D eigenvalue weighted by Crippen LogP contribution is -2.30. The molecular formula is C15H21N3O. The summed E-state index contributed by atoms with van der Waals surface area (Å²) < 4.78 is 1.65. The van der Waals surface area contributed by atoms with Crippen LogP contribution in [0, 0.1) is 5.41 Å². The van der Waals surface area contributed by atoms with E-state index in [9.17, 15) is 4.79 Å². The maximum atomic E-state index is 12.6. The predicted molar refractivity (Wildman–Crippen MR) is 74.6 cm³/mol. The minimum atomic E-state index is -0.391. The first-order valence-corrected chi connectivity index (χ1v) is 6.71. The molecule has 0 aromatic carbocycles. The molecule has 1 heterocycles. The summed E-state index contributed by atoms with van der Waals surface area (Å²) in [5.41, 5.74) is 0.915. The maximum Gasteiger partial charge on any atom is 0.166 e. The molecule has 1 aliphatic rings. The molecule has 2 rings (SSSR count). The lowest BCUT2D eigenvalue weighted by atomic mass is 9.85. The van der Waals surface area contributed by atoms with Crippen LogP contribution in [0.4, 0.5) is 0 Å². The Balaban J connectivity index is 2.30. The van der Waals surface area contributed by atoms with E-state index in [1.165, 1.54) is 11.9 Å². The van der Waals surface area contributed by atoms with Crippen molar-refractivity contribution >= 4 is 5.78 Å². The second-order valence-electron chi connectivity index (χ2n) is 5.97. The van der Waals surface area contributed by atoms with Crippen molar-refractivity contribution in [3.63, 3.8) is 0 Å². The van der Waals surface area contributed by atoms with Gasteiger partial charge in [0.1, 0.15) is 18.7 Å². The highest BCUT2D eigenvalue weighted by atomic mass is 16.1. The van der Waals surface area contributed by atoms with Crippen molar-refractivity contribution in [2.75, 3.05) is 0 Å². The van der Waals surface area contributed by atoms with E-state index in [2.05, 4.69) is 28.3 Å². The van der Waals surface area contributed by atoms with Gasteiger partial charge in [0, 0.05) is 5.41 Å². The van der Waals surface area contributed by atoms with Gasteiger partial charge in [0.25, 0.3) is 0 Å². The Hall–Kier alpha value is -1.71. The molecule has 1 atom stereocenters. The van der Waals surface area contributed by atoms with Crippen LogP contribution in [-0.4, -0.2) is 20.5 Å². The molecule has 1 aliphatic carbocycles. The molecular weight excluding hydrogens is 238 g/mol. The molecule has 0 radical (unpaired) electrons. The number of ketones is 1. The second kappa shape index (κ2) is 5.51. The standard InChI is InChI=1S/C15H21N3O/c1-15(2,3)14(19)13(18-11-16-10-17-18)9-12-7-5-4-6-8-12/h4-5,9-11,13H,6-8H2,1-3H3. The van der Waals surface area contributed by atoms with Gasteiger partial charge in [-0.3, -0.25) is 4.79 Å². The highest BCUT2D eigenvalue weighted by Crippen LogP contribution is 2.27. The zero-order valence-corrected chi connectivity index (χ0v) is 11.8. The van der Waals surface area contributed by atoms with E-state index >= 15 is 0 Å². The van der Waals surface area contributed by atoms with Crippen LogP contribution >= 0.6 is 0 Å². The lowest BCUT2D eigenvalue weighted by molar-refractivity contribution is -0.128. The summed E-state index contributed by atoms with van der Waals surface area (Å²) in [6, 6.07) is -0.344. The van der Waals surface area contributed by atoms with Crippen LogP contribution in [-0.2, 0) is 4.79 Å². The molecule has 0 bridgehead atoms. The Morgan fingerprint density at radius 1 is 1.42 bits per heavy atom. The van der Waals surface area contributed by atoms with Crippen molar-refractivity contribution in [2.24, 2.45) is 5.41 Å². The fraction of sp³-hybridized carbons (Fsp3) is 0.533. The summed E-state index contributed by atoms with van der Waals surface area (Å²) >= 11 is 0. The van der Waals surface area contributed by atoms with Crippen LogP contribution in [0.1, 0.15) is 46.1 Å². The number of rotatable bonds is 3. The molecule has 102 valence electrons. The molecule has 0 spiro atoms. The first-order valence-electron chi connectivity index (χ1n) is 6.71. The average Bonchev–Trinajstić information content (AvgIpc) is 2.89. The number of aromatic nitrogens is 3. The SMILES string of the molecule is CC(C)(C)C(=O)C(C=C1CC=CCC1)n1cncn1. The summed E-state index contributed by atoms with van der Waals surface area (Å²) in [4.78, 5) is 16.5. The zero-order chi connectivity index (χ0) is 13.9. The van der Waals surface area contributed by atoms with Crippen LogP contribution in [0.25, 0.3) is 0 Å². The molecule has 4 heteroatoms. The second-order valence-corrected chi connectivity index (χ2v) is 5.97. The molecule has 0 aliphatic heterocycles. The van der Waals surface area contributed by atoms with E-state index in [4.69, 9.17) is 0 Å². The molecule has 4 nitrogen and oxygen atoms in total. The summed E-state index contributed by atoms with van der Waals surface area (Å²) in [5, 5.41) is 4.14. The molecule has 1 unspecified atom stereocenters. The third-order valence-corrected chi connectivity index (χ3v) is 3.30. The largest absolute Gasteiger partial charge is 0.296 e. The Morgan fingerprint density at radius 3 is 2.74 bits per heavy atom. The molecule has 1 aromatic heterocycles. The minimum absolute atomic E-state index is 0.167. The molecule has 1 aromatic rings. The number of Topliss-reactive ketones (excluding diaryl/α,β-unsaturated/α-hetero) is 1. The fourth-order valence-electron chi connectivity index (χ4n) is 2.17. The van der Waals surface area contributed by atoms with Gasteiger partial charge in [-0.1, -0.05) is 44.6 Å². The fourth-order valence-corrected chi connectivity index (χ4v) is 2.17. The van der Waals surface area contributed by atoms with Gasteiger partial charge in [-0.15, -0.1) is 0 Å². The summed E-state index contributed by atoms with van der Waals surface area (Å²) in [6.07, 6.45) is 12.5. The van der Waals surface area contributed by atoms with E-state index in [-0.39, 0.29) is 11.8 Å². The van der Waals surface area contributed by atoms with E-state index < -0.39 is 5.41 Å². The first kappa shape index (κ1) is 13.7. The molecule has 19 heavy (non-hydrogen) atoms. The topological polar surface area (TPSA) is 47.8 Å². The molecule has 0 saturated carbocycles. The maximum absolute atomic E-state index is 12.6. The van der Waals surface area contributed by atoms with Gasteiger partial charge in [-0.2, -0.15) is 5.10 Å². The number of carbonyl (C=O) groups excluding carboxylic acids is 1. The summed E-state index contributed by atoms with van der Waals surface area (Å²) in [7, 11) is 0. The van der Waals surface area contributed by atoms with Crippen molar-refractivity contribution in [2.45, 2.75) is 46.1 Å². The summed E-state index contributed by atoms with van der Waals surface area (Å²) in [5.74, 6) is 0.167. The highest BCUT2D eigenvalue weighted by molar-refractivity contribution is 5.88. The third-order valence-electron chi connectivity index (χ3n) is 3.30. The van der Waals surface area contributed by atoms with Crippen molar-refractivity contribution in [1.82, 2.24) is 14.8 Å². The summed E-state index contributed by atoms with van der Waals surface area (Å²) in [6.45, 7) is 5.83.